The Morgan fingerprint density at radius 1 is 0.596 bits per heavy atom. The van der Waals surface area contributed by atoms with Gasteiger partial charge in [-0.15, -0.1) is 0 Å². The molecule has 2 atom stereocenters. The molecule has 0 aliphatic carbocycles. The van der Waals surface area contributed by atoms with Crippen LogP contribution in [0.3, 0.4) is 0 Å². The third-order valence-electron chi connectivity index (χ3n) is 8.12. The molecule has 0 bridgehead atoms. The Bertz CT molecular complexity index is 1020. The van der Waals surface area contributed by atoms with E-state index in [0.29, 0.717) is 13.0 Å². The molecular weight excluding hydrogens is 673 g/mol. The van der Waals surface area contributed by atoms with Crippen molar-refractivity contribution in [3.63, 3.8) is 0 Å². The van der Waals surface area contributed by atoms with Gasteiger partial charge < -0.3 is 20.1 Å². The Morgan fingerprint density at radius 3 is 1.62 bits per heavy atom. The van der Waals surface area contributed by atoms with E-state index in [2.05, 4.69) is 74.6 Å². The van der Waals surface area contributed by atoms with Crippen molar-refractivity contribution in [1.29, 1.82) is 0 Å². The Hall–Kier alpha value is -2.06. The second-order valence-electron chi connectivity index (χ2n) is 13.1. The van der Waals surface area contributed by atoms with Gasteiger partial charge in [0.05, 0.1) is 19.8 Å². The van der Waals surface area contributed by atoms with Crippen molar-refractivity contribution < 1.29 is 32.8 Å². The maximum atomic E-state index is 12.5. The second kappa shape index (κ2) is 40.1. The van der Waals surface area contributed by atoms with Crippen LogP contribution in [0.5, 0.6) is 0 Å². The quantitative estimate of drug-likeness (QED) is 0.0277. The Kier molecular flexibility index (Phi) is 38.5. The van der Waals surface area contributed by atoms with Crippen LogP contribution in [0.25, 0.3) is 0 Å². The highest BCUT2D eigenvalue weighted by Crippen LogP contribution is 2.43. The topological polar surface area (TPSA) is 117 Å². The van der Waals surface area contributed by atoms with Crippen LogP contribution < -0.4 is 5.73 Å². The van der Waals surface area contributed by atoms with E-state index >= 15 is 0 Å². The summed E-state index contributed by atoms with van der Waals surface area (Å²) in [5.41, 5.74) is 5.35. The van der Waals surface area contributed by atoms with E-state index in [1.165, 1.54) is 83.5 Å². The first-order valence-electron chi connectivity index (χ1n) is 20.4. The number of phosphoric ester groups is 1. The number of carbonyl (C=O) groups is 1. The molecule has 0 spiro atoms. The minimum Gasteiger partial charge on any atom is -0.457 e. The summed E-state index contributed by atoms with van der Waals surface area (Å²) in [6.45, 7) is 4.65. The monoisotopic (exact) mass is 750 g/mol. The highest BCUT2D eigenvalue weighted by atomic mass is 31.2. The van der Waals surface area contributed by atoms with E-state index in [9.17, 15) is 14.3 Å². The van der Waals surface area contributed by atoms with Crippen LogP contribution in [0.2, 0.25) is 0 Å². The number of ether oxygens (including phenoxy) is 2. The molecule has 300 valence electrons. The number of nitrogens with two attached hydrogens (primary N) is 1. The van der Waals surface area contributed by atoms with E-state index in [0.717, 1.165) is 44.9 Å². The van der Waals surface area contributed by atoms with E-state index in [1.54, 1.807) is 0 Å². The van der Waals surface area contributed by atoms with Crippen LogP contribution in [0.1, 0.15) is 155 Å². The summed E-state index contributed by atoms with van der Waals surface area (Å²) < 4.78 is 33.3. The molecule has 0 saturated carbocycles. The van der Waals surface area contributed by atoms with Gasteiger partial charge >= 0.3 is 13.8 Å². The summed E-state index contributed by atoms with van der Waals surface area (Å²) in [6.07, 6.45) is 49.4. The Balaban J connectivity index is 4.11. The summed E-state index contributed by atoms with van der Waals surface area (Å²) in [5, 5.41) is 0. The van der Waals surface area contributed by atoms with Crippen LogP contribution in [-0.2, 0) is 27.9 Å². The maximum absolute atomic E-state index is 12.5. The molecule has 2 unspecified atom stereocenters. The van der Waals surface area contributed by atoms with Gasteiger partial charge in [0.2, 0.25) is 0 Å². The molecule has 3 N–H and O–H groups in total. The molecule has 0 saturated heterocycles. The lowest BCUT2D eigenvalue weighted by atomic mass is 10.1. The lowest BCUT2D eigenvalue weighted by Crippen LogP contribution is -2.28. The van der Waals surface area contributed by atoms with Crippen LogP contribution >= 0.6 is 7.82 Å². The summed E-state index contributed by atoms with van der Waals surface area (Å²) >= 11 is 0. The van der Waals surface area contributed by atoms with Gasteiger partial charge in [-0.1, -0.05) is 151 Å². The van der Waals surface area contributed by atoms with Crippen LogP contribution in [0.4, 0.5) is 0 Å². The highest BCUT2D eigenvalue weighted by molar-refractivity contribution is 7.47. The number of hydrogen-bond acceptors (Lipinski definition) is 7. The van der Waals surface area contributed by atoms with E-state index in [1.807, 2.05) is 12.2 Å². The Morgan fingerprint density at radius 2 is 1.08 bits per heavy atom. The van der Waals surface area contributed by atoms with Crippen molar-refractivity contribution in [3.8, 4) is 0 Å². The molecule has 52 heavy (non-hydrogen) atoms. The lowest BCUT2D eigenvalue weighted by Gasteiger charge is -2.20. The minimum atomic E-state index is -4.30. The standard InChI is InChI=1S/C43H76NO7P/c1-3-5-7-9-11-13-15-17-18-19-20-21-22-23-25-27-29-31-33-35-38-48-40-42(41-50-52(46,47)49-39-37-44)51-43(45)36-34-32-30-28-26-24-16-14-12-10-8-6-4-2/h6,8,11-14,17-18,24,26,30,32,42H,3-5,7,9-10,15-16,19-23,25,27-29,31,33-41,44H2,1-2H3,(H,46,47)/b8-6-,13-11-,14-12-,18-17-,26-24-,32-30-. The van der Waals surface area contributed by atoms with Gasteiger partial charge in [-0.25, -0.2) is 4.57 Å². The molecule has 0 aromatic rings. The van der Waals surface area contributed by atoms with Gasteiger partial charge in [0.1, 0.15) is 6.10 Å². The Labute approximate surface area is 318 Å². The molecule has 9 heteroatoms. The number of unbranched alkanes of at least 4 members (excludes halogenated alkanes) is 13. The molecule has 0 aliphatic heterocycles. The van der Waals surface area contributed by atoms with Crippen LogP contribution in [0, 0.1) is 0 Å². The van der Waals surface area contributed by atoms with E-state index in [-0.39, 0.29) is 32.8 Å². The molecule has 0 radical (unpaired) electrons. The highest BCUT2D eigenvalue weighted by Gasteiger charge is 2.25. The first kappa shape index (κ1) is 49.9. The first-order chi connectivity index (χ1) is 25.4. The third-order valence-corrected chi connectivity index (χ3v) is 9.11. The molecule has 0 rings (SSSR count). The predicted octanol–water partition coefficient (Wildman–Crippen LogP) is 12.0. The smallest absolute Gasteiger partial charge is 0.457 e. The molecule has 0 aromatic carbocycles. The molecule has 0 aromatic heterocycles. The largest absolute Gasteiger partial charge is 0.472 e. The third kappa shape index (κ3) is 39.2. The number of allylic oxidation sites excluding steroid dienone is 12. The van der Waals surface area contributed by atoms with Crippen molar-refractivity contribution in [1.82, 2.24) is 0 Å². The average Bonchev–Trinajstić information content (AvgIpc) is 3.13. The molecule has 0 heterocycles. The van der Waals surface area contributed by atoms with Gasteiger partial charge in [-0.2, -0.15) is 0 Å². The lowest BCUT2D eigenvalue weighted by molar-refractivity contribution is -0.154. The van der Waals surface area contributed by atoms with Gasteiger partial charge in [0, 0.05) is 19.6 Å². The fourth-order valence-electron chi connectivity index (χ4n) is 5.16. The molecular formula is C43H76NO7P. The van der Waals surface area contributed by atoms with Gasteiger partial charge in [0.25, 0.3) is 0 Å². The number of hydrogen-bond donors (Lipinski definition) is 2. The second-order valence-corrected chi connectivity index (χ2v) is 14.6. The van der Waals surface area contributed by atoms with Crippen molar-refractivity contribution >= 4 is 13.8 Å². The van der Waals surface area contributed by atoms with Crippen LogP contribution in [0.15, 0.2) is 72.9 Å². The molecule has 0 fully saturated rings. The van der Waals surface area contributed by atoms with Crippen molar-refractivity contribution in [3.05, 3.63) is 72.9 Å². The average molecular weight is 750 g/mol. The molecule has 0 amide bonds. The zero-order chi connectivity index (χ0) is 38.1. The number of phosphoric acid groups is 1. The zero-order valence-corrected chi connectivity index (χ0v) is 33.9. The first-order valence-corrected chi connectivity index (χ1v) is 21.9. The van der Waals surface area contributed by atoms with Gasteiger partial charge in [0.15, 0.2) is 0 Å². The molecule has 8 nitrogen and oxygen atoms in total. The van der Waals surface area contributed by atoms with E-state index in [4.69, 9.17) is 24.3 Å². The van der Waals surface area contributed by atoms with Crippen molar-refractivity contribution in [2.45, 2.75) is 161 Å². The summed E-state index contributed by atoms with van der Waals surface area (Å²) in [5.74, 6) is -0.413. The van der Waals surface area contributed by atoms with Crippen LogP contribution in [-0.4, -0.2) is 49.9 Å². The fraction of sp³-hybridized carbons (Fsp3) is 0.698. The van der Waals surface area contributed by atoms with Crippen molar-refractivity contribution in [2.24, 2.45) is 5.73 Å². The van der Waals surface area contributed by atoms with Crippen molar-refractivity contribution in [2.75, 3.05) is 33.0 Å². The van der Waals surface area contributed by atoms with Gasteiger partial charge in [-0.05, 0) is 70.6 Å². The fourth-order valence-corrected chi connectivity index (χ4v) is 5.92. The number of carbonyl (C=O) groups excluding carboxylic acids is 1. The normalized spacial score (nSPS) is 14.3. The van der Waals surface area contributed by atoms with E-state index < -0.39 is 19.9 Å². The number of esters is 1. The maximum Gasteiger partial charge on any atom is 0.472 e. The SMILES string of the molecule is CC/C=C\C/C=C\C/C=C\C/C=C\CCC(=O)OC(COCCCCCCCCCCCC/C=C\C/C=C\CCCCC)COP(=O)(O)OCCN. The zero-order valence-electron chi connectivity index (χ0n) is 33.0. The summed E-state index contributed by atoms with van der Waals surface area (Å²) in [7, 11) is -4.30. The molecule has 0 aliphatic rings. The summed E-state index contributed by atoms with van der Waals surface area (Å²) in [6, 6.07) is 0. The predicted molar refractivity (Wildman–Crippen MR) is 219 cm³/mol. The number of rotatable bonds is 38. The minimum absolute atomic E-state index is 0.0819. The van der Waals surface area contributed by atoms with Gasteiger partial charge in [-0.3, -0.25) is 13.8 Å². The summed E-state index contributed by atoms with van der Waals surface area (Å²) in [4.78, 5) is 22.4.